The van der Waals surface area contributed by atoms with Gasteiger partial charge in [0.15, 0.2) is 12.2 Å². The molecule has 3 N–H and O–H groups in total. The Morgan fingerprint density at radius 2 is 0.543 bits per heavy atom. The lowest BCUT2D eigenvalue weighted by Crippen LogP contribution is -2.30. The molecule has 0 aliphatic carbocycles. The lowest BCUT2D eigenvalue weighted by atomic mass is 9.99. The van der Waals surface area contributed by atoms with Crippen LogP contribution in [-0.4, -0.2) is 96.7 Å². The number of carbonyl (C=O) groups is 4. The second-order valence-electron chi connectivity index (χ2n) is 28.0. The predicted octanol–water partition coefficient (Wildman–Crippen LogP) is 21.8. The molecule has 0 bridgehead atoms. The molecule has 0 saturated carbocycles. The summed E-state index contributed by atoms with van der Waals surface area (Å²) in [7, 11) is -9.91. The molecule has 558 valence electrons. The molecule has 17 nitrogen and oxygen atoms in total. The normalized spacial score (nSPS) is 14.7. The van der Waals surface area contributed by atoms with Gasteiger partial charge in [-0.1, -0.05) is 331 Å². The van der Waals surface area contributed by atoms with Gasteiger partial charge in [-0.3, -0.25) is 37.3 Å². The summed E-state index contributed by atoms with van der Waals surface area (Å²) in [6, 6.07) is 0. The van der Waals surface area contributed by atoms with E-state index < -0.39 is 97.5 Å². The van der Waals surface area contributed by atoms with Crippen LogP contribution >= 0.6 is 15.6 Å². The molecule has 0 aromatic heterocycles. The van der Waals surface area contributed by atoms with Gasteiger partial charge in [-0.15, -0.1) is 0 Å². The summed E-state index contributed by atoms with van der Waals surface area (Å²) >= 11 is 0. The fourth-order valence-corrected chi connectivity index (χ4v) is 12.9. The maximum absolute atomic E-state index is 13.1. The van der Waals surface area contributed by atoms with Gasteiger partial charge < -0.3 is 33.8 Å². The fraction of sp³-hybridized carbons (Fsp3) is 0.947. The minimum Gasteiger partial charge on any atom is -0.462 e. The Morgan fingerprint density at radius 3 is 0.809 bits per heavy atom. The molecule has 0 heterocycles. The van der Waals surface area contributed by atoms with Crippen LogP contribution in [0.1, 0.15) is 382 Å². The molecule has 0 radical (unpaired) electrons. The van der Waals surface area contributed by atoms with E-state index in [1.54, 1.807) is 0 Å². The summed E-state index contributed by atoms with van der Waals surface area (Å²) < 4.78 is 68.4. The quantitative estimate of drug-likeness (QED) is 0.0222. The van der Waals surface area contributed by atoms with Crippen LogP contribution in [-0.2, 0) is 65.4 Å². The van der Waals surface area contributed by atoms with Gasteiger partial charge in [-0.05, 0) is 43.4 Å². The van der Waals surface area contributed by atoms with Gasteiger partial charge in [0.2, 0.25) is 0 Å². The Balaban J connectivity index is 5.20. The van der Waals surface area contributed by atoms with Crippen LogP contribution in [0.3, 0.4) is 0 Å². The topological polar surface area (TPSA) is 237 Å². The van der Waals surface area contributed by atoms with E-state index in [1.807, 2.05) is 0 Å². The number of unbranched alkanes of at least 4 members (excludes halogenated alkanes) is 39. The minimum atomic E-state index is -4.96. The molecular formula is C75H146O17P2. The van der Waals surface area contributed by atoms with Crippen LogP contribution < -0.4 is 0 Å². The Labute approximate surface area is 575 Å². The van der Waals surface area contributed by atoms with E-state index in [1.165, 1.54) is 180 Å². The monoisotopic (exact) mass is 1380 g/mol. The first-order chi connectivity index (χ1) is 45.3. The Morgan fingerprint density at radius 1 is 0.309 bits per heavy atom. The molecule has 0 spiro atoms. The number of aliphatic hydroxyl groups excluding tert-OH is 1. The highest BCUT2D eigenvalue weighted by atomic mass is 31.2. The van der Waals surface area contributed by atoms with E-state index in [0.29, 0.717) is 25.7 Å². The van der Waals surface area contributed by atoms with Crippen LogP contribution in [0.25, 0.3) is 0 Å². The van der Waals surface area contributed by atoms with Crippen LogP contribution in [0.5, 0.6) is 0 Å². The van der Waals surface area contributed by atoms with Crippen LogP contribution in [0, 0.1) is 17.8 Å². The fourth-order valence-electron chi connectivity index (χ4n) is 11.4. The number of phosphoric ester groups is 2. The van der Waals surface area contributed by atoms with Gasteiger partial charge in [-0.2, -0.15) is 0 Å². The summed E-state index contributed by atoms with van der Waals surface area (Å²) in [6.45, 7) is 11.9. The number of ether oxygens (including phenoxy) is 4. The molecule has 0 amide bonds. The molecule has 0 aromatic carbocycles. The molecular weight excluding hydrogens is 1230 g/mol. The number of hydrogen-bond acceptors (Lipinski definition) is 15. The van der Waals surface area contributed by atoms with E-state index in [9.17, 15) is 43.2 Å². The lowest BCUT2D eigenvalue weighted by Gasteiger charge is -2.21. The number of aliphatic hydroxyl groups is 1. The first-order valence-corrected chi connectivity index (χ1v) is 41.9. The van der Waals surface area contributed by atoms with Crippen molar-refractivity contribution in [2.24, 2.45) is 17.8 Å². The zero-order valence-electron chi connectivity index (χ0n) is 61.4. The largest absolute Gasteiger partial charge is 0.472 e. The third-order valence-electron chi connectivity index (χ3n) is 18.1. The van der Waals surface area contributed by atoms with Crippen molar-refractivity contribution in [2.45, 2.75) is 401 Å². The molecule has 0 aromatic rings. The highest BCUT2D eigenvalue weighted by Gasteiger charge is 2.30. The number of carbonyl (C=O) groups excluding carboxylic acids is 4. The highest BCUT2D eigenvalue weighted by molar-refractivity contribution is 7.47. The van der Waals surface area contributed by atoms with E-state index >= 15 is 0 Å². The van der Waals surface area contributed by atoms with Crippen molar-refractivity contribution in [1.29, 1.82) is 0 Å². The molecule has 19 heteroatoms. The summed E-state index contributed by atoms with van der Waals surface area (Å²) in [5.74, 6) is 0.299. The van der Waals surface area contributed by atoms with Crippen molar-refractivity contribution in [3.63, 3.8) is 0 Å². The van der Waals surface area contributed by atoms with Gasteiger partial charge in [0.05, 0.1) is 26.4 Å². The molecule has 0 rings (SSSR count). The number of esters is 4. The Hall–Kier alpha value is -1.94. The Kier molecular flexibility index (Phi) is 64.3. The van der Waals surface area contributed by atoms with Crippen molar-refractivity contribution in [3.8, 4) is 0 Å². The van der Waals surface area contributed by atoms with E-state index in [0.717, 1.165) is 120 Å². The first-order valence-electron chi connectivity index (χ1n) is 38.9. The van der Waals surface area contributed by atoms with Gasteiger partial charge >= 0.3 is 39.5 Å². The first kappa shape index (κ1) is 92.1. The molecule has 0 fully saturated rings. The van der Waals surface area contributed by atoms with E-state index in [4.69, 9.17) is 37.0 Å². The van der Waals surface area contributed by atoms with Crippen molar-refractivity contribution in [2.75, 3.05) is 39.6 Å². The van der Waals surface area contributed by atoms with Gasteiger partial charge in [0.25, 0.3) is 0 Å². The predicted molar refractivity (Wildman–Crippen MR) is 381 cm³/mol. The highest BCUT2D eigenvalue weighted by Crippen LogP contribution is 2.45. The summed E-state index contributed by atoms with van der Waals surface area (Å²) in [5.41, 5.74) is 0. The molecule has 0 aliphatic heterocycles. The summed E-state index contributed by atoms with van der Waals surface area (Å²) in [5, 5.41) is 10.6. The van der Waals surface area contributed by atoms with Crippen LogP contribution in [0.15, 0.2) is 0 Å². The smallest absolute Gasteiger partial charge is 0.462 e. The molecule has 4 unspecified atom stereocenters. The third kappa shape index (κ3) is 66.0. The van der Waals surface area contributed by atoms with E-state index in [-0.39, 0.29) is 25.7 Å². The van der Waals surface area contributed by atoms with Crippen molar-refractivity contribution >= 4 is 39.5 Å². The minimum absolute atomic E-state index is 0.106. The van der Waals surface area contributed by atoms with Crippen LogP contribution in [0.4, 0.5) is 0 Å². The Bertz CT molecular complexity index is 1840. The summed E-state index contributed by atoms with van der Waals surface area (Å²) in [4.78, 5) is 72.6. The second kappa shape index (κ2) is 65.7. The van der Waals surface area contributed by atoms with Gasteiger partial charge in [-0.25, -0.2) is 9.13 Å². The maximum Gasteiger partial charge on any atom is 0.472 e. The van der Waals surface area contributed by atoms with E-state index in [2.05, 4.69) is 48.5 Å². The van der Waals surface area contributed by atoms with Gasteiger partial charge in [0, 0.05) is 25.7 Å². The molecule has 7 atom stereocenters. The van der Waals surface area contributed by atoms with Gasteiger partial charge in [0.1, 0.15) is 19.3 Å². The molecule has 0 aliphatic rings. The summed E-state index contributed by atoms with van der Waals surface area (Å²) in [6.07, 6.45) is 51.3. The van der Waals surface area contributed by atoms with Crippen LogP contribution in [0.2, 0.25) is 0 Å². The zero-order chi connectivity index (χ0) is 69.4. The number of rotatable bonds is 73. The SMILES string of the molecule is CCCCCCCCCC(=O)OC[C@H](COP(=O)(O)OC[C@H](O)COP(=O)(O)OC[C@@H](COC(=O)CCCCCCCCCCCCC(C)CC)OC(=O)CCCCCCCCCCCCCCCCCCC(C)C)OC(=O)CCCCCCCCCCCCC(C)CC. The van der Waals surface area contributed by atoms with Crippen molar-refractivity contribution in [1.82, 2.24) is 0 Å². The van der Waals surface area contributed by atoms with Crippen molar-refractivity contribution in [3.05, 3.63) is 0 Å². The zero-order valence-corrected chi connectivity index (χ0v) is 63.2. The molecule has 94 heavy (non-hydrogen) atoms. The molecule has 0 saturated heterocycles. The van der Waals surface area contributed by atoms with Crippen molar-refractivity contribution < 1.29 is 80.2 Å². The maximum atomic E-state index is 13.1. The average molecular weight is 1380 g/mol. The third-order valence-corrected chi connectivity index (χ3v) is 20.0. The second-order valence-corrected chi connectivity index (χ2v) is 30.9. The lowest BCUT2D eigenvalue weighted by molar-refractivity contribution is -0.161. The standard InChI is InChI=1S/C75H146O17P2/c1-8-11-12-13-32-42-49-56-72(77)85-62-70(91-75(80)59-52-45-38-31-25-23-28-35-41-48-55-68(7)10-3)64-89-93(81,82)87-60-69(76)61-88-94(83,84)90-65-71(63-86-73(78)57-50-43-36-29-24-22-27-34-40-47-54-67(6)9-2)92-74(79)58-51-44-37-30-21-19-17-15-14-16-18-20-26-33-39-46-53-66(4)5/h66-71,76H,8-65H2,1-7H3,(H,81,82)(H,83,84)/t67?,68?,69-,70+,71+/m0/s1. The average Bonchev–Trinajstić information content (AvgIpc) is 1.43. The number of phosphoric acid groups is 2. The number of hydrogen-bond donors (Lipinski definition) is 3.